The molecule has 0 spiro atoms. The Morgan fingerprint density at radius 2 is 2.11 bits per heavy atom. The molecule has 2 nitrogen and oxygen atoms in total. The van der Waals surface area contributed by atoms with Crippen molar-refractivity contribution in [3.63, 3.8) is 0 Å². The van der Waals surface area contributed by atoms with Crippen LogP contribution in [0.1, 0.15) is 26.2 Å². The van der Waals surface area contributed by atoms with Gasteiger partial charge in [-0.15, -0.1) is 0 Å². The van der Waals surface area contributed by atoms with E-state index in [2.05, 4.69) is 64.0 Å². The van der Waals surface area contributed by atoms with Crippen LogP contribution in [0.5, 0.6) is 0 Å². The van der Waals surface area contributed by atoms with Crippen molar-refractivity contribution in [2.75, 3.05) is 18.0 Å². The molecule has 1 aliphatic heterocycles. The van der Waals surface area contributed by atoms with E-state index >= 15 is 0 Å². The predicted molar refractivity (Wildman–Crippen MR) is 85.1 cm³/mol. The molecule has 1 N–H and O–H groups in total. The summed E-state index contributed by atoms with van der Waals surface area (Å²) in [6, 6.07) is 10.2. The maximum Gasteiger partial charge on any atom is 0.0505 e. The molecule has 1 aromatic rings. The largest absolute Gasteiger partial charge is 0.365 e. The molecule has 2 atom stereocenters. The number of nitrogens with one attached hydrogen (secondary N) is 1. The molecule has 2 fully saturated rings. The van der Waals surface area contributed by atoms with E-state index in [1.54, 1.807) is 0 Å². The topological polar surface area (TPSA) is 15.3 Å². The quantitative estimate of drug-likeness (QED) is 0.837. The van der Waals surface area contributed by atoms with Crippen molar-refractivity contribution in [2.45, 2.75) is 38.3 Å². The molecule has 1 heterocycles. The summed E-state index contributed by atoms with van der Waals surface area (Å²) >= 11 is 2.47. The Bertz CT molecular complexity index is 417. The van der Waals surface area contributed by atoms with Gasteiger partial charge in [-0.05, 0) is 59.9 Å². The van der Waals surface area contributed by atoms with Gasteiger partial charge in [0.05, 0.1) is 5.69 Å². The average Bonchev–Trinajstić information content (AvgIpc) is 3.23. The third-order valence-electron chi connectivity index (χ3n) is 4.27. The number of hydrogen-bond donors (Lipinski definition) is 1. The van der Waals surface area contributed by atoms with E-state index in [-0.39, 0.29) is 0 Å². The summed E-state index contributed by atoms with van der Waals surface area (Å²) in [5.74, 6) is 0.937. The van der Waals surface area contributed by atoms with Crippen LogP contribution in [-0.4, -0.2) is 25.2 Å². The second-order valence-electron chi connectivity index (χ2n) is 5.52. The van der Waals surface area contributed by atoms with Gasteiger partial charge in [0.2, 0.25) is 0 Å². The minimum Gasteiger partial charge on any atom is -0.365 e. The molecule has 0 bridgehead atoms. The zero-order chi connectivity index (χ0) is 12.5. The Morgan fingerprint density at radius 3 is 2.78 bits per heavy atom. The molecule has 2 unspecified atom stereocenters. The summed E-state index contributed by atoms with van der Waals surface area (Å²) < 4.78 is 1.38. The molecule has 0 aromatic heterocycles. The molecule has 0 amide bonds. The van der Waals surface area contributed by atoms with E-state index in [9.17, 15) is 0 Å². The lowest BCUT2D eigenvalue weighted by molar-refractivity contribution is 0.359. The molecule has 1 aromatic carbocycles. The highest BCUT2D eigenvalue weighted by molar-refractivity contribution is 14.1. The molecule has 1 saturated heterocycles. The summed E-state index contributed by atoms with van der Waals surface area (Å²) in [5, 5.41) is 3.76. The van der Waals surface area contributed by atoms with E-state index in [1.165, 1.54) is 35.1 Å². The first-order chi connectivity index (χ1) is 8.79. The van der Waals surface area contributed by atoms with Gasteiger partial charge >= 0.3 is 0 Å². The van der Waals surface area contributed by atoms with Gasteiger partial charge in [0, 0.05) is 28.7 Å². The van der Waals surface area contributed by atoms with Crippen LogP contribution in [0, 0.1) is 9.49 Å². The number of anilines is 1. The minimum absolute atomic E-state index is 0.649. The Labute approximate surface area is 123 Å². The van der Waals surface area contributed by atoms with Crippen LogP contribution in [0.25, 0.3) is 0 Å². The lowest BCUT2D eigenvalue weighted by Crippen LogP contribution is -2.57. The number of halogens is 1. The molecule has 3 heteroatoms. The Kier molecular flexibility index (Phi) is 3.80. The number of hydrogen-bond acceptors (Lipinski definition) is 2. The van der Waals surface area contributed by atoms with E-state index in [0.29, 0.717) is 12.1 Å². The summed E-state index contributed by atoms with van der Waals surface area (Å²) in [6.45, 7) is 4.62. The lowest BCUT2D eigenvalue weighted by atomic mass is 10.0. The molecule has 1 aliphatic carbocycles. The predicted octanol–water partition coefficient (Wildman–Crippen LogP) is 3.26. The third kappa shape index (κ3) is 2.52. The van der Waals surface area contributed by atoms with Gasteiger partial charge in [-0.25, -0.2) is 0 Å². The van der Waals surface area contributed by atoms with Crippen molar-refractivity contribution in [2.24, 2.45) is 5.92 Å². The maximum absolute atomic E-state index is 3.76. The van der Waals surface area contributed by atoms with Crippen molar-refractivity contribution in [1.82, 2.24) is 5.32 Å². The SMILES string of the molecule is CCC1CNC(C2CC2)CN1c1ccccc1I. The van der Waals surface area contributed by atoms with E-state index in [4.69, 9.17) is 0 Å². The molecule has 2 aliphatic rings. The van der Waals surface area contributed by atoms with Crippen LogP contribution in [0.4, 0.5) is 5.69 Å². The monoisotopic (exact) mass is 356 g/mol. The fourth-order valence-corrected chi connectivity index (χ4v) is 3.68. The number of piperazine rings is 1. The molecule has 3 rings (SSSR count). The second kappa shape index (κ2) is 5.37. The summed E-state index contributed by atoms with van der Waals surface area (Å²) in [7, 11) is 0. The summed E-state index contributed by atoms with van der Waals surface area (Å²) in [6.07, 6.45) is 4.07. The first-order valence-electron chi connectivity index (χ1n) is 7.04. The summed E-state index contributed by atoms with van der Waals surface area (Å²) in [5.41, 5.74) is 1.43. The Balaban J connectivity index is 1.83. The first-order valence-corrected chi connectivity index (χ1v) is 8.12. The fraction of sp³-hybridized carbons (Fsp3) is 0.600. The number of para-hydroxylation sites is 1. The Hall–Kier alpha value is -0.290. The van der Waals surface area contributed by atoms with Gasteiger partial charge in [-0.3, -0.25) is 0 Å². The standard InChI is InChI=1S/C15H21IN2/c1-2-12-9-17-14(11-7-8-11)10-18(12)15-6-4-3-5-13(15)16/h3-6,11-12,14,17H,2,7-10H2,1H3. The highest BCUT2D eigenvalue weighted by Gasteiger charge is 2.37. The number of nitrogens with zero attached hydrogens (tertiary/aromatic N) is 1. The van der Waals surface area contributed by atoms with Crippen molar-refractivity contribution >= 4 is 28.3 Å². The number of benzene rings is 1. The summed E-state index contributed by atoms with van der Waals surface area (Å²) in [4.78, 5) is 2.64. The highest BCUT2D eigenvalue weighted by atomic mass is 127. The van der Waals surface area contributed by atoms with Crippen LogP contribution >= 0.6 is 22.6 Å². The lowest BCUT2D eigenvalue weighted by Gasteiger charge is -2.42. The second-order valence-corrected chi connectivity index (χ2v) is 6.68. The molecule has 18 heavy (non-hydrogen) atoms. The van der Waals surface area contributed by atoms with Crippen LogP contribution in [0.3, 0.4) is 0 Å². The molecular weight excluding hydrogens is 335 g/mol. The molecule has 98 valence electrons. The first kappa shape index (κ1) is 12.7. The van der Waals surface area contributed by atoms with Crippen molar-refractivity contribution in [3.05, 3.63) is 27.8 Å². The Morgan fingerprint density at radius 1 is 1.33 bits per heavy atom. The number of rotatable bonds is 3. The van der Waals surface area contributed by atoms with Crippen LogP contribution in [0.15, 0.2) is 24.3 Å². The average molecular weight is 356 g/mol. The van der Waals surface area contributed by atoms with Crippen molar-refractivity contribution < 1.29 is 0 Å². The molecule has 1 saturated carbocycles. The zero-order valence-corrected chi connectivity index (χ0v) is 13.1. The van der Waals surface area contributed by atoms with Gasteiger partial charge in [0.25, 0.3) is 0 Å². The van der Waals surface area contributed by atoms with Gasteiger partial charge in [-0.2, -0.15) is 0 Å². The van der Waals surface area contributed by atoms with Gasteiger partial charge < -0.3 is 10.2 Å². The molecule has 0 radical (unpaired) electrons. The highest BCUT2D eigenvalue weighted by Crippen LogP contribution is 2.36. The van der Waals surface area contributed by atoms with Gasteiger partial charge in [0.15, 0.2) is 0 Å². The van der Waals surface area contributed by atoms with E-state index < -0.39 is 0 Å². The molecular formula is C15H21IN2. The van der Waals surface area contributed by atoms with Gasteiger partial charge in [-0.1, -0.05) is 19.1 Å². The van der Waals surface area contributed by atoms with Crippen molar-refractivity contribution in [3.8, 4) is 0 Å². The van der Waals surface area contributed by atoms with E-state index in [0.717, 1.165) is 12.5 Å². The van der Waals surface area contributed by atoms with Crippen LogP contribution in [0.2, 0.25) is 0 Å². The van der Waals surface area contributed by atoms with Crippen molar-refractivity contribution in [1.29, 1.82) is 0 Å². The zero-order valence-electron chi connectivity index (χ0n) is 10.9. The van der Waals surface area contributed by atoms with Gasteiger partial charge in [0.1, 0.15) is 0 Å². The normalized spacial score (nSPS) is 28.4. The third-order valence-corrected chi connectivity index (χ3v) is 5.19. The maximum atomic E-state index is 3.76. The minimum atomic E-state index is 0.649. The fourth-order valence-electron chi connectivity index (χ4n) is 2.98. The van der Waals surface area contributed by atoms with E-state index in [1.807, 2.05) is 0 Å². The smallest absolute Gasteiger partial charge is 0.0505 e. The van der Waals surface area contributed by atoms with Crippen LogP contribution in [-0.2, 0) is 0 Å². The van der Waals surface area contributed by atoms with Crippen LogP contribution < -0.4 is 10.2 Å².